The number of non-ortho nitro benzene ring substituents is 2. The smallest absolute Gasteiger partial charge is 0.337 e. The summed E-state index contributed by atoms with van der Waals surface area (Å²) in [6.45, 7) is 13.2. The largest absolute Gasteiger partial charge is 0.872 e. The monoisotopic (exact) mass is 1400 g/mol. The molecule has 7 aromatic rings. The van der Waals surface area contributed by atoms with Crippen LogP contribution in [0.15, 0.2) is 157 Å². The molecule has 7 aromatic carbocycles. The maximum absolute atomic E-state index is 11.2. The summed E-state index contributed by atoms with van der Waals surface area (Å²) in [7, 11) is 1.29. The van der Waals surface area contributed by atoms with Gasteiger partial charge in [-0.25, -0.2) is 14.5 Å². The number of hydrogen-bond acceptors (Lipinski definition) is 12. The summed E-state index contributed by atoms with van der Waals surface area (Å²) < 4.78 is 7.08. The number of esters is 1. The van der Waals surface area contributed by atoms with Crippen molar-refractivity contribution in [3.63, 3.8) is 0 Å². The van der Waals surface area contributed by atoms with Gasteiger partial charge >= 0.3 is 5.97 Å². The van der Waals surface area contributed by atoms with Crippen LogP contribution < -0.4 is 30.6 Å². The molecule has 0 bridgehead atoms. The van der Waals surface area contributed by atoms with E-state index >= 15 is 0 Å². The lowest BCUT2D eigenvalue weighted by molar-refractivity contribution is -0.385. The molecule has 0 atom stereocenters. The van der Waals surface area contributed by atoms with Crippen LogP contribution in [0.25, 0.3) is 20.8 Å². The second kappa shape index (κ2) is 29.7. The van der Waals surface area contributed by atoms with Gasteiger partial charge in [-0.1, -0.05) is 183 Å². The van der Waals surface area contributed by atoms with E-state index in [2.05, 4.69) is 78.1 Å². The Bertz CT molecular complexity index is 2830. The Hall–Kier alpha value is -6.03. The Morgan fingerprint density at radius 3 is 1.32 bits per heavy atom. The molecule has 0 amide bonds. The number of methoxy groups -OCH3 is 1. The number of rotatable bonds is 4. The van der Waals surface area contributed by atoms with E-state index in [1.807, 2.05) is 65.1 Å². The quantitative estimate of drug-likeness (QED) is 0.0524. The molecule has 0 aliphatic rings. The van der Waals surface area contributed by atoms with Gasteiger partial charge in [-0.2, -0.15) is 0 Å². The summed E-state index contributed by atoms with van der Waals surface area (Å²) in [4.78, 5) is 36.5. The van der Waals surface area contributed by atoms with Crippen molar-refractivity contribution in [2.45, 2.75) is 0 Å². The van der Waals surface area contributed by atoms with Gasteiger partial charge in [-0.15, -0.1) is 0 Å². The third-order valence-electron chi connectivity index (χ3n) is 7.73. The third-order valence-corrected chi connectivity index (χ3v) is 11.9. The fourth-order valence-electron chi connectivity index (χ4n) is 4.38. The Morgan fingerprint density at radius 2 is 0.897 bits per heavy atom. The van der Waals surface area contributed by atoms with Crippen LogP contribution in [0, 0.1) is 40.5 Å². The van der Waals surface area contributed by atoms with E-state index in [9.17, 15) is 55.7 Å². The number of ether oxygens (including phenoxy) is 1. The van der Waals surface area contributed by atoms with Gasteiger partial charge in [0.25, 0.3) is 11.4 Å². The zero-order valence-electron chi connectivity index (χ0n) is 34.2. The number of nitrogens with zero attached hydrogens (tertiary/aromatic N) is 4. The molecule has 350 valence electrons. The Kier molecular flexibility index (Phi) is 25.3. The number of hydrogen-bond donors (Lipinski definition) is 0. The summed E-state index contributed by atoms with van der Waals surface area (Å²) in [5, 5.41) is 85.4. The first-order valence-electron chi connectivity index (χ1n) is 18.1. The predicted molar refractivity (Wildman–Crippen MR) is 274 cm³/mol. The number of nitro benzene ring substituents is 2. The molecule has 0 unspecified atom stereocenters. The van der Waals surface area contributed by atoms with Crippen LogP contribution in [-0.4, -0.2) is 22.9 Å². The van der Waals surface area contributed by atoms with E-state index in [1.165, 1.54) is 86.0 Å². The van der Waals surface area contributed by atoms with Crippen molar-refractivity contribution in [1.82, 2.24) is 0 Å². The molecule has 0 fully saturated rings. The first kappa shape index (κ1) is 58.1. The van der Waals surface area contributed by atoms with E-state index < -0.39 is 15.8 Å². The molecular formula is C46H26Br4I2N4O12-6. The van der Waals surface area contributed by atoms with Crippen molar-refractivity contribution < 1.29 is 50.0 Å². The molecule has 22 heteroatoms. The highest BCUT2D eigenvalue weighted by atomic mass is 127. The van der Waals surface area contributed by atoms with Gasteiger partial charge < -0.3 is 35.4 Å². The molecule has 0 saturated heterocycles. The summed E-state index contributed by atoms with van der Waals surface area (Å²) in [5.41, 5.74) is 3.40. The topological polar surface area (TPSA) is 260 Å². The number of carbonyl (C=O) groups is 1. The highest BCUT2D eigenvalue weighted by molar-refractivity contribution is 14.1. The van der Waals surface area contributed by atoms with Gasteiger partial charge in [0.05, 0.1) is 35.7 Å². The molecule has 0 aliphatic heterocycles. The standard InChI is InChI=1S/C12H9BrO.C8H7BrO3.C7H4BrNO.C7H4INO.C6H4BrNO3.C6H4INO3/c13-11-8-10(6-7-12(11)14)9-4-2-1-3-5-9;1-12-8(11)5-2-3-7(10)6(9)4-5;2*1-9-5-2-3-7(10)6(8)4-5;2*7-5-3-4(8(10)11)1-2-6(5)9/h1-8,14H;2-4,10H,1H3;2*2-4,10H;2*1-3,9H/p-6. The van der Waals surface area contributed by atoms with Gasteiger partial charge in [0.2, 0.25) is 0 Å². The van der Waals surface area contributed by atoms with Gasteiger partial charge in [0.1, 0.15) is 0 Å². The minimum atomic E-state index is -0.551. The van der Waals surface area contributed by atoms with Crippen LogP contribution >= 0.6 is 109 Å². The SMILES string of the molecule is COC(=O)c1ccc([O-])c(Br)c1.O=[N+]([O-])c1ccc([O-])c(Br)c1.O=[N+]([O-])c1ccc([O-])c(I)c1.[C-]#[N+]c1ccc([O-])c(Br)c1.[C-]#[N+]c1ccc([O-])c(I)c1.[O-]c1ccc(-c2ccccc2)cc1Br. The Balaban J connectivity index is 0.000000281. The molecule has 0 N–H and O–H groups in total. The average molecular weight is 1400 g/mol. The molecule has 0 spiro atoms. The maximum Gasteiger partial charge on any atom is 0.337 e. The van der Waals surface area contributed by atoms with E-state index in [0.29, 0.717) is 37.5 Å². The predicted octanol–water partition coefficient (Wildman–Crippen LogP) is 11.2. The van der Waals surface area contributed by atoms with Crippen molar-refractivity contribution in [3.05, 3.63) is 213 Å². The summed E-state index contributed by atoms with van der Waals surface area (Å²) in [6.07, 6.45) is 0. The molecule has 7 rings (SSSR count). The number of carbonyl (C=O) groups excluding carboxylic acids is 1. The van der Waals surface area contributed by atoms with Gasteiger partial charge in [0, 0.05) is 41.3 Å². The summed E-state index contributed by atoms with van der Waals surface area (Å²) >= 11 is 15.9. The average Bonchev–Trinajstić information content (AvgIpc) is 3.32. The molecule has 0 aromatic heterocycles. The molecule has 68 heavy (non-hydrogen) atoms. The lowest BCUT2D eigenvalue weighted by Crippen LogP contribution is -2.01. The van der Waals surface area contributed by atoms with Gasteiger partial charge in [-0.3, -0.25) is 20.2 Å². The zero-order valence-corrected chi connectivity index (χ0v) is 44.9. The molecule has 16 nitrogen and oxygen atoms in total. The van der Waals surface area contributed by atoms with Crippen LogP contribution in [0.4, 0.5) is 22.7 Å². The first-order chi connectivity index (χ1) is 32.1. The van der Waals surface area contributed by atoms with E-state index in [-0.39, 0.29) is 50.3 Å². The second-order valence-corrected chi connectivity index (χ2v) is 18.1. The highest BCUT2D eigenvalue weighted by Gasteiger charge is 2.06. The molecule has 0 aliphatic carbocycles. The van der Waals surface area contributed by atoms with Gasteiger partial charge in [-0.05, 0) is 94.7 Å². The van der Waals surface area contributed by atoms with E-state index in [1.54, 1.807) is 34.7 Å². The lowest BCUT2D eigenvalue weighted by Gasteiger charge is -2.10. The number of nitro groups is 2. The second-order valence-electron chi connectivity index (χ2n) is 12.3. The summed E-state index contributed by atoms with van der Waals surface area (Å²) in [5.74, 6) is -1.13. The number of benzene rings is 7. The maximum atomic E-state index is 11.2. The van der Waals surface area contributed by atoms with Crippen molar-refractivity contribution in [2.75, 3.05) is 7.11 Å². The van der Waals surface area contributed by atoms with E-state index in [4.69, 9.17) is 13.1 Å². The zero-order chi connectivity index (χ0) is 51.1. The van der Waals surface area contributed by atoms with Crippen molar-refractivity contribution >= 4 is 138 Å². The number of halogens is 6. The van der Waals surface area contributed by atoms with Crippen LogP contribution in [0.1, 0.15) is 10.4 Å². The van der Waals surface area contributed by atoms with Gasteiger partial charge in [0.15, 0.2) is 11.4 Å². The third kappa shape index (κ3) is 20.1. The normalized spacial score (nSPS) is 9.43. The van der Waals surface area contributed by atoms with Crippen LogP contribution in [-0.2, 0) is 4.74 Å². The van der Waals surface area contributed by atoms with Crippen LogP contribution in [0.3, 0.4) is 0 Å². The Morgan fingerprint density at radius 1 is 0.500 bits per heavy atom. The van der Waals surface area contributed by atoms with Crippen LogP contribution in [0.5, 0.6) is 34.5 Å². The highest BCUT2D eigenvalue weighted by Crippen LogP contribution is 2.29. The fourth-order valence-corrected chi connectivity index (χ4v) is 6.87. The summed E-state index contributed by atoms with van der Waals surface area (Å²) in [6, 6.07) is 35.5. The fraction of sp³-hybridized carbons (Fsp3) is 0.0217. The van der Waals surface area contributed by atoms with Crippen molar-refractivity contribution in [3.8, 4) is 45.6 Å². The molecule has 0 saturated carbocycles. The Labute approximate surface area is 449 Å². The molecular weight excluding hydrogens is 1370 g/mol. The van der Waals surface area contributed by atoms with Crippen molar-refractivity contribution in [1.29, 1.82) is 0 Å². The minimum absolute atomic E-state index is 0.0182. The van der Waals surface area contributed by atoms with E-state index in [0.717, 1.165) is 17.2 Å². The lowest BCUT2D eigenvalue weighted by atomic mass is 10.1. The van der Waals surface area contributed by atoms with Crippen LogP contribution in [0.2, 0.25) is 0 Å². The first-order valence-corrected chi connectivity index (χ1v) is 23.4. The minimum Gasteiger partial charge on any atom is -0.872 e. The molecule has 0 heterocycles. The molecule has 0 radical (unpaired) electrons. The van der Waals surface area contributed by atoms with Crippen molar-refractivity contribution in [2.24, 2.45) is 0 Å².